The number of rotatable bonds is 8. The largest absolute Gasteiger partial charge is 0.480 e. The van der Waals surface area contributed by atoms with Gasteiger partial charge in [0.2, 0.25) is 5.91 Å². The van der Waals surface area contributed by atoms with Crippen molar-refractivity contribution in [2.75, 3.05) is 12.3 Å². The molecule has 0 bridgehead atoms. The number of carboxylic acid groups (broad SMARTS) is 1. The molecule has 1 saturated heterocycles. The van der Waals surface area contributed by atoms with E-state index in [0.717, 1.165) is 25.7 Å². The number of nitrogens with zero attached hydrogens (tertiary/aromatic N) is 1. The van der Waals surface area contributed by atoms with Crippen LogP contribution >= 0.6 is 11.8 Å². The van der Waals surface area contributed by atoms with E-state index in [0.29, 0.717) is 24.6 Å². The first-order valence-electron chi connectivity index (χ1n) is 7.36. The Hall–Kier alpha value is -0.750. The van der Waals surface area contributed by atoms with E-state index in [1.54, 1.807) is 16.7 Å². The van der Waals surface area contributed by atoms with Gasteiger partial charge in [0.25, 0.3) is 0 Å². The third-order valence-corrected chi connectivity index (χ3v) is 5.07. The first-order chi connectivity index (χ1) is 9.51. The average Bonchev–Trinajstić information content (AvgIpc) is 2.81. The fraction of sp³-hybridized carbons (Fsp3) is 0.857. The Labute approximate surface area is 125 Å². The quantitative estimate of drug-likeness (QED) is 0.715. The number of carbonyl (C=O) groups excluding carboxylic acids is 1. The van der Waals surface area contributed by atoms with Gasteiger partial charge in [-0.25, -0.2) is 4.79 Å². The van der Waals surface area contributed by atoms with E-state index in [9.17, 15) is 14.7 Å². The second kappa shape index (κ2) is 8.52. The molecule has 1 amide bonds. The molecule has 0 saturated carbocycles. The summed E-state index contributed by atoms with van der Waals surface area (Å²) in [5.41, 5.74) is 5.50. The third kappa shape index (κ3) is 4.66. The summed E-state index contributed by atoms with van der Waals surface area (Å²) in [6, 6.07) is -0.658. The Kier molecular flexibility index (Phi) is 7.37. The molecule has 0 aromatic carbocycles. The lowest BCUT2D eigenvalue weighted by molar-refractivity contribution is -0.149. The molecule has 3 atom stereocenters. The molecule has 1 heterocycles. The molecular weight excluding hydrogens is 276 g/mol. The molecule has 6 heteroatoms. The van der Waals surface area contributed by atoms with Crippen LogP contribution in [0.25, 0.3) is 0 Å². The highest BCUT2D eigenvalue weighted by molar-refractivity contribution is 8.00. The highest BCUT2D eigenvalue weighted by Crippen LogP contribution is 2.33. The molecule has 0 spiro atoms. The summed E-state index contributed by atoms with van der Waals surface area (Å²) in [7, 11) is 0. The predicted octanol–water partition coefficient (Wildman–Crippen LogP) is 1.91. The van der Waals surface area contributed by atoms with Gasteiger partial charge in [0, 0.05) is 12.2 Å². The minimum absolute atomic E-state index is 0.0234. The van der Waals surface area contributed by atoms with Crippen molar-refractivity contribution in [3.05, 3.63) is 0 Å². The number of hydrogen-bond donors (Lipinski definition) is 2. The first-order valence-corrected chi connectivity index (χ1v) is 8.41. The minimum Gasteiger partial charge on any atom is -0.480 e. The van der Waals surface area contributed by atoms with Crippen LogP contribution in [0.1, 0.15) is 46.0 Å². The van der Waals surface area contributed by atoms with E-state index in [1.807, 2.05) is 0 Å². The zero-order valence-corrected chi connectivity index (χ0v) is 13.2. The van der Waals surface area contributed by atoms with Crippen LogP contribution in [0.5, 0.6) is 0 Å². The van der Waals surface area contributed by atoms with Gasteiger partial charge >= 0.3 is 5.97 Å². The lowest BCUT2D eigenvalue weighted by Gasteiger charge is -2.27. The number of thioether (sulfide) groups is 1. The van der Waals surface area contributed by atoms with Crippen LogP contribution in [0.4, 0.5) is 0 Å². The summed E-state index contributed by atoms with van der Waals surface area (Å²) in [5.74, 6) is 0.000626. The maximum Gasteiger partial charge on any atom is 0.327 e. The van der Waals surface area contributed by atoms with E-state index in [2.05, 4.69) is 13.8 Å². The Bertz CT molecular complexity index is 338. The third-order valence-electron chi connectivity index (χ3n) is 3.71. The molecule has 5 nitrogen and oxygen atoms in total. The smallest absolute Gasteiger partial charge is 0.327 e. The first kappa shape index (κ1) is 17.3. The lowest BCUT2D eigenvalue weighted by atomic mass is 10.0. The maximum atomic E-state index is 12.4. The standard InChI is InChI=1S/C14H26N2O3S/c1-3-4-13-16(11(9-20-13)14(18)19)12(17)6-5-10(2)7-8-15/h10-11,13H,3-9,15H2,1-2H3,(H,18,19). The monoisotopic (exact) mass is 302 g/mol. The SMILES string of the molecule is CCCC1SCC(C(=O)O)N1C(=O)CCC(C)CCN. The number of carbonyl (C=O) groups is 2. The van der Waals surface area contributed by atoms with E-state index < -0.39 is 12.0 Å². The van der Waals surface area contributed by atoms with E-state index >= 15 is 0 Å². The second-order valence-electron chi connectivity index (χ2n) is 5.45. The van der Waals surface area contributed by atoms with Crippen molar-refractivity contribution in [2.45, 2.75) is 57.4 Å². The Morgan fingerprint density at radius 1 is 1.45 bits per heavy atom. The van der Waals surface area contributed by atoms with E-state index in [4.69, 9.17) is 5.73 Å². The number of carboxylic acids is 1. The van der Waals surface area contributed by atoms with Crippen LogP contribution in [0, 0.1) is 5.92 Å². The summed E-state index contributed by atoms with van der Waals surface area (Å²) in [6.07, 6.45) is 3.92. The van der Waals surface area contributed by atoms with Gasteiger partial charge in [-0.1, -0.05) is 20.3 Å². The predicted molar refractivity (Wildman–Crippen MR) is 81.5 cm³/mol. The summed E-state index contributed by atoms with van der Waals surface area (Å²) in [6.45, 7) is 4.77. The van der Waals surface area contributed by atoms with Crippen molar-refractivity contribution in [1.29, 1.82) is 0 Å². The number of amides is 1. The molecule has 3 unspecified atom stereocenters. The molecule has 0 aliphatic carbocycles. The number of nitrogens with two attached hydrogens (primary N) is 1. The van der Waals surface area contributed by atoms with Crippen LogP contribution in [-0.2, 0) is 9.59 Å². The fourth-order valence-electron chi connectivity index (χ4n) is 2.49. The van der Waals surface area contributed by atoms with Crippen LogP contribution in [0.2, 0.25) is 0 Å². The molecule has 0 aromatic rings. The second-order valence-corrected chi connectivity index (χ2v) is 6.66. The molecule has 1 aliphatic heterocycles. The van der Waals surface area contributed by atoms with Crippen molar-refractivity contribution in [2.24, 2.45) is 11.7 Å². The molecular formula is C14H26N2O3S. The van der Waals surface area contributed by atoms with Gasteiger partial charge in [-0.05, 0) is 31.7 Å². The van der Waals surface area contributed by atoms with Crippen LogP contribution < -0.4 is 5.73 Å². The minimum atomic E-state index is -0.889. The molecule has 1 rings (SSSR count). The number of aliphatic carboxylic acids is 1. The molecule has 0 radical (unpaired) electrons. The van der Waals surface area contributed by atoms with Crippen molar-refractivity contribution >= 4 is 23.6 Å². The van der Waals surface area contributed by atoms with Gasteiger partial charge in [0.1, 0.15) is 6.04 Å². The highest BCUT2D eigenvalue weighted by atomic mass is 32.2. The van der Waals surface area contributed by atoms with Gasteiger partial charge < -0.3 is 15.7 Å². The molecule has 0 aromatic heterocycles. The summed E-state index contributed by atoms with van der Waals surface area (Å²) < 4.78 is 0. The summed E-state index contributed by atoms with van der Waals surface area (Å²) in [4.78, 5) is 25.3. The molecule has 1 fully saturated rings. The van der Waals surface area contributed by atoms with Gasteiger partial charge in [-0.3, -0.25) is 4.79 Å². The van der Waals surface area contributed by atoms with Crippen LogP contribution in [0.3, 0.4) is 0 Å². The van der Waals surface area contributed by atoms with Crippen LogP contribution in [-0.4, -0.2) is 45.6 Å². The van der Waals surface area contributed by atoms with Crippen molar-refractivity contribution < 1.29 is 14.7 Å². The van der Waals surface area contributed by atoms with Gasteiger partial charge in [0.15, 0.2) is 0 Å². The van der Waals surface area contributed by atoms with Gasteiger partial charge in [-0.2, -0.15) is 0 Å². The van der Waals surface area contributed by atoms with E-state index in [1.165, 1.54) is 0 Å². The zero-order chi connectivity index (χ0) is 15.1. The summed E-state index contributed by atoms with van der Waals surface area (Å²) >= 11 is 1.59. The summed E-state index contributed by atoms with van der Waals surface area (Å²) in [5, 5.41) is 9.28. The molecule has 1 aliphatic rings. The zero-order valence-electron chi connectivity index (χ0n) is 12.4. The normalized spacial score (nSPS) is 23.9. The van der Waals surface area contributed by atoms with Crippen molar-refractivity contribution in [1.82, 2.24) is 4.90 Å². The Morgan fingerprint density at radius 3 is 2.70 bits per heavy atom. The molecule has 116 valence electrons. The fourth-order valence-corrected chi connectivity index (χ4v) is 4.02. The molecule has 3 N–H and O–H groups in total. The number of hydrogen-bond acceptors (Lipinski definition) is 4. The topological polar surface area (TPSA) is 83.6 Å². The Morgan fingerprint density at radius 2 is 2.15 bits per heavy atom. The maximum absolute atomic E-state index is 12.4. The Balaban J connectivity index is 2.61. The lowest BCUT2D eigenvalue weighted by Crippen LogP contribution is -2.45. The van der Waals surface area contributed by atoms with Crippen LogP contribution in [0.15, 0.2) is 0 Å². The van der Waals surface area contributed by atoms with Gasteiger partial charge in [-0.15, -0.1) is 11.8 Å². The van der Waals surface area contributed by atoms with Gasteiger partial charge in [0.05, 0.1) is 5.37 Å². The molecule has 20 heavy (non-hydrogen) atoms. The average molecular weight is 302 g/mol. The highest BCUT2D eigenvalue weighted by Gasteiger charge is 2.40. The van der Waals surface area contributed by atoms with E-state index in [-0.39, 0.29) is 11.3 Å². The van der Waals surface area contributed by atoms with Crippen molar-refractivity contribution in [3.63, 3.8) is 0 Å². The van der Waals surface area contributed by atoms with Crippen molar-refractivity contribution in [3.8, 4) is 0 Å².